The van der Waals surface area contributed by atoms with Gasteiger partial charge in [0.2, 0.25) is 5.91 Å². The zero-order chi connectivity index (χ0) is 15.8. The first-order chi connectivity index (χ1) is 9.95. The minimum Gasteiger partial charge on any atom is -0.354 e. The van der Waals surface area contributed by atoms with Gasteiger partial charge in [-0.05, 0) is 31.2 Å². The van der Waals surface area contributed by atoms with Crippen molar-refractivity contribution >= 4 is 11.9 Å². The molecule has 0 fully saturated rings. The highest BCUT2D eigenvalue weighted by Gasteiger charge is 2.24. The van der Waals surface area contributed by atoms with Gasteiger partial charge in [-0.3, -0.25) is 9.89 Å². The fourth-order valence-corrected chi connectivity index (χ4v) is 2.08. The molecule has 2 atom stereocenters. The van der Waals surface area contributed by atoms with Crippen molar-refractivity contribution < 1.29 is 9.59 Å². The first kappa shape index (κ1) is 17.0. The van der Waals surface area contributed by atoms with Crippen molar-refractivity contribution in [1.82, 2.24) is 20.8 Å². The quantitative estimate of drug-likeness (QED) is 0.533. The van der Waals surface area contributed by atoms with Crippen LogP contribution in [0.25, 0.3) is 0 Å². The third kappa shape index (κ3) is 5.45. The zero-order valence-corrected chi connectivity index (χ0v) is 12.9. The number of aryl methyl sites for hydroxylation is 2. The van der Waals surface area contributed by atoms with Gasteiger partial charge in [0.25, 0.3) is 0 Å². The second-order valence-corrected chi connectivity index (χ2v) is 5.29. The third-order valence-corrected chi connectivity index (χ3v) is 3.65. The molecule has 118 valence electrons. The highest BCUT2D eigenvalue weighted by Crippen LogP contribution is 2.08. The number of H-pyrrole nitrogens is 1. The molecular formula is C14H25N5O2. The molecule has 0 spiro atoms. The summed E-state index contributed by atoms with van der Waals surface area (Å²) in [5.74, 6) is -0.152. The summed E-state index contributed by atoms with van der Waals surface area (Å²) in [6.45, 7) is 6.40. The second-order valence-electron chi connectivity index (χ2n) is 5.29. The van der Waals surface area contributed by atoms with Gasteiger partial charge in [-0.15, -0.1) is 0 Å². The number of nitrogens with zero attached hydrogens (tertiary/aromatic N) is 1. The summed E-state index contributed by atoms with van der Waals surface area (Å²) < 4.78 is 0. The lowest BCUT2D eigenvalue weighted by Crippen LogP contribution is -2.51. The number of nitrogens with one attached hydrogen (secondary N) is 3. The molecule has 0 aliphatic carbocycles. The van der Waals surface area contributed by atoms with E-state index in [9.17, 15) is 9.59 Å². The topological polar surface area (TPSA) is 113 Å². The van der Waals surface area contributed by atoms with Crippen LogP contribution < -0.4 is 16.4 Å². The molecule has 2 unspecified atom stereocenters. The number of aromatic amines is 1. The molecule has 0 aliphatic heterocycles. The van der Waals surface area contributed by atoms with Crippen LogP contribution in [0.15, 0.2) is 6.20 Å². The van der Waals surface area contributed by atoms with Gasteiger partial charge in [0.05, 0.1) is 6.20 Å². The van der Waals surface area contributed by atoms with Crippen LogP contribution in [-0.2, 0) is 11.2 Å². The second kappa shape index (κ2) is 8.28. The van der Waals surface area contributed by atoms with E-state index >= 15 is 0 Å². The molecule has 0 bridgehead atoms. The van der Waals surface area contributed by atoms with Crippen LogP contribution in [0.3, 0.4) is 0 Å². The molecule has 21 heavy (non-hydrogen) atoms. The van der Waals surface area contributed by atoms with Gasteiger partial charge in [0.1, 0.15) is 6.04 Å². The monoisotopic (exact) mass is 295 g/mol. The Kier molecular flexibility index (Phi) is 6.71. The van der Waals surface area contributed by atoms with E-state index in [1.54, 1.807) is 6.20 Å². The molecule has 7 heteroatoms. The Balaban J connectivity index is 2.39. The molecule has 0 saturated heterocycles. The summed E-state index contributed by atoms with van der Waals surface area (Å²) in [7, 11) is 0. The van der Waals surface area contributed by atoms with Crippen molar-refractivity contribution in [1.29, 1.82) is 0 Å². The van der Waals surface area contributed by atoms with Gasteiger partial charge in [-0.2, -0.15) is 5.10 Å². The number of hydrogen-bond donors (Lipinski definition) is 4. The van der Waals surface area contributed by atoms with Gasteiger partial charge in [0.15, 0.2) is 0 Å². The minimum atomic E-state index is -0.676. The van der Waals surface area contributed by atoms with E-state index in [1.807, 2.05) is 20.8 Å². The number of nitrogens with two attached hydrogens (primary N) is 1. The summed E-state index contributed by atoms with van der Waals surface area (Å²) in [5, 5.41) is 12.2. The number of hydrogen-bond acceptors (Lipinski definition) is 3. The summed E-state index contributed by atoms with van der Waals surface area (Å²) in [4.78, 5) is 23.1. The maximum atomic E-state index is 12.1. The maximum Gasteiger partial charge on any atom is 0.312 e. The number of urea groups is 1. The Morgan fingerprint density at radius 3 is 2.71 bits per heavy atom. The van der Waals surface area contributed by atoms with Gasteiger partial charge >= 0.3 is 6.03 Å². The first-order valence-electron chi connectivity index (χ1n) is 7.28. The Hall–Kier alpha value is -2.05. The van der Waals surface area contributed by atoms with Gasteiger partial charge < -0.3 is 16.4 Å². The van der Waals surface area contributed by atoms with Gasteiger partial charge in [-0.25, -0.2) is 4.79 Å². The summed E-state index contributed by atoms with van der Waals surface area (Å²) >= 11 is 0. The number of carbonyl (C=O) groups excluding carboxylic acids is 2. The fourth-order valence-electron chi connectivity index (χ4n) is 2.08. The van der Waals surface area contributed by atoms with Crippen LogP contribution in [0.1, 0.15) is 37.9 Å². The molecule has 0 aliphatic rings. The van der Waals surface area contributed by atoms with Crippen LogP contribution in [0, 0.1) is 12.8 Å². The third-order valence-electron chi connectivity index (χ3n) is 3.65. The first-order valence-corrected chi connectivity index (χ1v) is 7.28. The normalized spacial score (nSPS) is 13.5. The summed E-state index contributed by atoms with van der Waals surface area (Å²) in [6.07, 6.45) is 4.25. The van der Waals surface area contributed by atoms with Gasteiger partial charge in [-0.1, -0.05) is 20.3 Å². The van der Waals surface area contributed by atoms with E-state index in [4.69, 9.17) is 5.73 Å². The predicted molar refractivity (Wildman–Crippen MR) is 80.6 cm³/mol. The number of primary amides is 1. The zero-order valence-electron chi connectivity index (χ0n) is 12.9. The van der Waals surface area contributed by atoms with Crippen molar-refractivity contribution in [3.63, 3.8) is 0 Å². The molecule has 3 amide bonds. The number of amides is 3. The standard InChI is InChI=1S/C14H25N5O2/c1-4-9(2)12(18-14(15)21)13(20)16-7-5-6-11-8-17-19-10(11)3/h8-9,12H,4-7H2,1-3H3,(H,16,20)(H,17,19)(H3,15,18,21). The molecule has 1 rings (SSSR count). The molecule has 7 nitrogen and oxygen atoms in total. The SMILES string of the molecule is CCC(C)C(NC(N)=O)C(=O)NCCCc1cn[nH]c1C. The molecule has 1 aromatic heterocycles. The van der Waals surface area contributed by atoms with Crippen LogP contribution in [-0.4, -0.2) is 34.7 Å². The number of carbonyl (C=O) groups is 2. The molecular weight excluding hydrogens is 270 g/mol. The Labute approximate surface area is 125 Å². The average molecular weight is 295 g/mol. The van der Waals surface area contributed by atoms with Crippen LogP contribution >= 0.6 is 0 Å². The largest absolute Gasteiger partial charge is 0.354 e. The van der Waals surface area contributed by atoms with Crippen molar-refractivity contribution in [3.05, 3.63) is 17.5 Å². The molecule has 0 saturated carbocycles. The van der Waals surface area contributed by atoms with E-state index < -0.39 is 12.1 Å². The summed E-state index contributed by atoms with van der Waals surface area (Å²) in [6, 6.07) is -1.26. The lowest BCUT2D eigenvalue weighted by atomic mass is 9.98. The Bertz CT molecular complexity index is 472. The van der Waals surface area contributed by atoms with E-state index in [1.165, 1.54) is 0 Å². The van der Waals surface area contributed by atoms with Crippen molar-refractivity contribution in [2.75, 3.05) is 6.54 Å². The maximum absolute atomic E-state index is 12.1. The van der Waals surface area contributed by atoms with Crippen molar-refractivity contribution in [2.45, 2.75) is 46.1 Å². The highest BCUT2D eigenvalue weighted by atomic mass is 16.2. The average Bonchev–Trinajstić information content (AvgIpc) is 2.85. The van der Waals surface area contributed by atoms with Crippen molar-refractivity contribution in [2.24, 2.45) is 11.7 Å². The molecule has 0 radical (unpaired) electrons. The number of rotatable bonds is 8. The van der Waals surface area contributed by atoms with E-state index in [2.05, 4.69) is 20.8 Å². The molecule has 5 N–H and O–H groups in total. The minimum absolute atomic E-state index is 0.0358. The summed E-state index contributed by atoms with van der Waals surface area (Å²) in [5.41, 5.74) is 7.32. The highest BCUT2D eigenvalue weighted by molar-refractivity contribution is 5.86. The number of aromatic nitrogens is 2. The van der Waals surface area contributed by atoms with Crippen LogP contribution in [0.2, 0.25) is 0 Å². The fraction of sp³-hybridized carbons (Fsp3) is 0.643. The lowest BCUT2D eigenvalue weighted by molar-refractivity contribution is -0.124. The van der Waals surface area contributed by atoms with E-state index in [-0.39, 0.29) is 11.8 Å². The predicted octanol–water partition coefficient (Wildman–Crippen LogP) is 0.850. The lowest BCUT2D eigenvalue weighted by Gasteiger charge is -2.22. The van der Waals surface area contributed by atoms with E-state index in [0.29, 0.717) is 6.54 Å². The molecule has 1 aromatic rings. The van der Waals surface area contributed by atoms with E-state index in [0.717, 1.165) is 30.5 Å². The smallest absolute Gasteiger partial charge is 0.312 e. The molecule has 0 aromatic carbocycles. The molecule has 1 heterocycles. The Morgan fingerprint density at radius 1 is 1.48 bits per heavy atom. The van der Waals surface area contributed by atoms with Gasteiger partial charge in [0, 0.05) is 12.2 Å². The Morgan fingerprint density at radius 2 is 2.19 bits per heavy atom. The van der Waals surface area contributed by atoms with Crippen LogP contribution in [0.5, 0.6) is 0 Å². The van der Waals surface area contributed by atoms with Crippen LogP contribution in [0.4, 0.5) is 4.79 Å². The van der Waals surface area contributed by atoms with Crippen molar-refractivity contribution in [3.8, 4) is 0 Å².